The highest BCUT2D eigenvalue weighted by molar-refractivity contribution is 5.45. The molecule has 0 bridgehead atoms. The van der Waals surface area contributed by atoms with Crippen molar-refractivity contribution in [1.82, 2.24) is 0 Å². The fourth-order valence-electron chi connectivity index (χ4n) is 9.52. The lowest BCUT2D eigenvalue weighted by Gasteiger charge is -2.54. The van der Waals surface area contributed by atoms with E-state index in [9.17, 15) is 10.2 Å². The molecule has 1 heterocycles. The standard InChI is InChI=1S/C29H48O3/c1-7-19(17(2)3)9-8-18(4)21-10-11-22-24-23(13-14-27(21,22)5)28(6)15-12-20(30)16-29(28)26(32-29)25(24)31/h17-22,25-26,30-31H,7-16H2,1-6H3/t18-,19+,20+,21-,22+,25+,26+,27-,28-,29+/m1/s1. The summed E-state index contributed by atoms with van der Waals surface area (Å²) in [4.78, 5) is 0. The van der Waals surface area contributed by atoms with Gasteiger partial charge in [-0.3, -0.25) is 0 Å². The Morgan fingerprint density at radius 2 is 1.78 bits per heavy atom. The topological polar surface area (TPSA) is 53.0 Å². The Labute approximate surface area is 196 Å². The molecule has 0 aromatic rings. The first-order chi connectivity index (χ1) is 15.1. The molecule has 3 fully saturated rings. The molecule has 0 aromatic heterocycles. The third-order valence-corrected chi connectivity index (χ3v) is 11.7. The van der Waals surface area contributed by atoms with E-state index in [0.717, 1.165) is 42.9 Å². The molecule has 10 atom stereocenters. The molecule has 2 N–H and O–H groups in total. The molecule has 182 valence electrons. The average Bonchev–Trinajstić information content (AvgIpc) is 3.36. The number of aliphatic hydroxyl groups excluding tert-OH is 2. The number of fused-ring (bicyclic) bond motifs is 3. The zero-order valence-corrected chi connectivity index (χ0v) is 21.5. The van der Waals surface area contributed by atoms with Crippen LogP contribution in [0.4, 0.5) is 0 Å². The minimum atomic E-state index is -0.451. The van der Waals surface area contributed by atoms with E-state index in [2.05, 4.69) is 41.5 Å². The molecule has 5 rings (SSSR count). The number of epoxide rings is 1. The second-order valence-corrected chi connectivity index (χ2v) is 13.2. The van der Waals surface area contributed by atoms with Crippen LogP contribution in [-0.4, -0.2) is 34.1 Å². The lowest BCUT2D eigenvalue weighted by atomic mass is 9.49. The van der Waals surface area contributed by atoms with E-state index in [-0.39, 0.29) is 23.2 Å². The van der Waals surface area contributed by atoms with Crippen molar-refractivity contribution in [2.75, 3.05) is 0 Å². The van der Waals surface area contributed by atoms with Gasteiger partial charge in [0.05, 0.1) is 6.10 Å². The number of ether oxygens (including phenoxy) is 1. The van der Waals surface area contributed by atoms with Crippen LogP contribution < -0.4 is 0 Å². The second kappa shape index (κ2) is 7.82. The Kier molecular flexibility index (Phi) is 5.71. The highest BCUT2D eigenvalue weighted by Crippen LogP contribution is 2.72. The molecule has 32 heavy (non-hydrogen) atoms. The molecule has 0 radical (unpaired) electrons. The van der Waals surface area contributed by atoms with Crippen LogP contribution in [0.2, 0.25) is 0 Å². The lowest BCUT2D eigenvalue weighted by Crippen LogP contribution is -2.55. The molecule has 3 nitrogen and oxygen atoms in total. The Bertz CT molecular complexity index is 772. The molecule has 0 unspecified atom stereocenters. The van der Waals surface area contributed by atoms with Gasteiger partial charge in [0.1, 0.15) is 17.8 Å². The van der Waals surface area contributed by atoms with Crippen LogP contribution in [-0.2, 0) is 4.74 Å². The van der Waals surface area contributed by atoms with Crippen molar-refractivity contribution >= 4 is 0 Å². The van der Waals surface area contributed by atoms with Crippen LogP contribution in [0.5, 0.6) is 0 Å². The van der Waals surface area contributed by atoms with Crippen LogP contribution in [0.3, 0.4) is 0 Å². The number of rotatable bonds is 6. The van der Waals surface area contributed by atoms with E-state index in [4.69, 9.17) is 4.74 Å². The Morgan fingerprint density at radius 3 is 2.47 bits per heavy atom. The van der Waals surface area contributed by atoms with Gasteiger partial charge in [0, 0.05) is 11.8 Å². The smallest absolute Gasteiger partial charge is 0.118 e. The predicted molar refractivity (Wildman–Crippen MR) is 129 cm³/mol. The highest BCUT2D eigenvalue weighted by Gasteiger charge is 2.76. The maximum absolute atomic E-state index is 11.5. The Hall–Kier alpha value is -0.380. The average molecular weight is 445 g/mol. The summed E-state index contributed by atoms with van der Waals surface area (Å²) in [7, 11) is 0. The number of hydrogen-bond donors (Lipinski definition) is 2. The molecule has 2 saturated carbocycles. The van der Waals surface area contributed by atoms with Crippen molar-refractivity contribution in [2.45, 2.75) is 130 Å². The minimum Gasteiger partial charge on any atom is -0.393 e. The summed E-state index contributed by atoms with van der Waals surface area (Å²) in [5, 5.41) is 21.9. The van der Waals surface area contributed by atoms with Gasteiger partial charge in [0.2, 0.25) is 0 Å². The number of hydrogen-bond acceptors (Lipinski definition) is 3. The van der Waals surface area contributed by atoms with Crippen LogP contribution in [0.25, 0.3) is 0 Å². The first-order valence-corrected chi connectivity index (χ1v) is 13.9. The molecule has 1 aliphatic heterocycles. The van der Waals surface area contributed by atoms with Gasteiger partial charge in [-0.15, -0.1) is 0 Å². The molecule has 1 spiro atoms. The van der Waals surface area contributed by atoms with Gasteiger partial charge in [0.15, 0.2) is 0 Å². The molecule has 0 aromatic carbocycles. The first-order valence-electron chi connectivity index (χ1n) is 13.9. The summed E-state index contributed by atoms with van der Waals surface area (Å²) in [5.74, 6) is 3.69. The van der Waals surface area contributed by atoms with E-state index in [1.807, 2.05) is 0 Å². The maximum atomic E-state index is 11.5. The summed E-state index contributed by atoms with van der Waals surface area (Å²) in [6.45, 7) is 14.6. The van der Waals surface area contributed by atoms with E-state index in [0.29, 0.717) is 17.8 Å². The molecule has 0 amide bonds. The third kappa shape index (κ3) is 3.09. The largest absolute Gasteiger partial charge is 0.393 e. The highest BCUT2D eigenvalue weighted by atomic mass is 16.6. The molecule has 4 aliphatic carbocycles. The SMILES string of the molecule is CC[C@@H](CC[C@@H](C)[C@H]1CC[C@H]2C3=C(CC[C@]12C)[C@@]1(C)CC[C@H](O)C[C@@]12O[C@H]2[C@H]3O)C(C)C. The zero-order valence-electron chi connectivity index (χ0n) is 21.5. The fourth-order valence-corrected chi connectivity index (χ4v) is 9.52. The molecular formula is C29H48O3. The van der Waals surface area contributed by atoms with Crippen molar-refractivity contribution in [1.29, 1.82) is 0 Å². The second-order valence-electron chi connectivity index (χ2n) is 13.2. The van der Waals surface area contributed by atoms with Gasteiger partial charge < -0.3 is 14.9 Å². The van der Waals surface area contributed by atoms with Crippen LogP contribution in [0.15, 0.2) is 11.1 Å². The van der Waals surface area contributed by atoms with E-state index in [1.54, 1.807) is 0 Å². The minimum absolute atomic E-state index is 0.0160. The number of aliphatic hydroxyl groups is 2. The maximum Gasteiger partial charge on any atom is 0.118 e. The summed E-state index contributed by atoms with van der Waals surface area (Å²) in [5.41, 5.74) is 2.96. The van der Waals surface area contributed by atoms with Crippen molar-refractivity contribution < 1.29 is 14.9 Å². The van der Waals surface area contributed by atoms with Gasteiger partial charge in [-0.1, -0.05) is 60.0 Å². The monoisotopic (exact) mass is 444 g/mol. The normalized spacial score (nSPS) is 49.2. The third-order valence-electron chi connectivity index (χ3n) is 11.7. The first kappa shape index (κ1) is 23.4. The quantitative estimate of drug-likeness (QED) is 0.375. The summed E-state index contributed by atoms with van der Waals surface area (Å²) in [6, 6.07) is 0. The Balaban J connectivity index is 1.39. The lowest BCUT2D eigenvalue weighted by molar-refractivity contribution is -0.00168. The van der Waals surface area contributed by atoms with E-state index < -0.39 is 6.10 Å². The van der Waals surface area contributed by atoms with E-state index >= 15 is 0 Å². The predicted octanol–water partition coefficient (Wildman–Crippen LogP) is 6.27. The van der Waals surface area contributed by atoms with Crippen LogP contribution in [0, 0.1) is 40.4 Å². The molecule has 5 aliphatic rings. The fraction of sp³-hybridized carbons (Fsp3) is 0.931. The van der Waals surface area contributed by atoms with E-state index in [1.165, 1.54) is 49.7 Å². The summed E-state index contributed by atoms with van der Waals surface area (Å²) < 4.78 is 6.35. The van der Waals surface area contributed by atoms with Crippen molar-refractivity contribution in [3.05, 3.63) is 11.1 Å². The molecule has 1 saturated heterocycles. The van der Waals surface area contributed by atoms with Gasteiger partial charge in [0.25, 0.3) is 0 Å². The summed E-state index contributed by atoms with van der Waals surface area (Å²) in [6.07, 6.45) is 10.7. The molecule has 3 heteroatoms. The van der Waals surface area contributed by atoms with Gasteiger partial charge in [-0.25, -0.2) is 0 Å². The molecular weight excluding hydrogens is 396 g/mol. The van der Waals surface area contributed by atoms with Crippen LogP contribution in [0.1, 0.15) is 106 Å². The van der Waals surface area contributed by atoms with Crippen molar-refractivity contribution in [3.63, 3.8) is 0 Å². The van der Waals surface area contributed by atoms with Gasteiger partial charge >= 0.3 is 0 Å². The van der Waals surface area contributed by atoms with Gasteiger partial charge in [-0.2, -0.15) is 0 Å². The Morgan fingerprint density at radius 1 is 1.03 bits per heavy atom. The zero-order chi connectivity index (χ0) is 23.1. The van der Waals surface area contributed by atoms with Crippen molar-refractivity contribution in [3.8, 4) is 0 Å². The summed E-state index contributed by atoms with van der Waals surface area (Å²) >= 11 is 0. The van der Waals surface area contributed by atoms with Crippen molar-refractivity contribution in [2.24, 2.45) is 40.4 Å². The van der Waals surface area contributed by atoms with Crippen LogP contribution >= 0.6 is 0 Å². The van der Waals surface area contributed by atoms with Gasteiger partial charge in [-0.05, 0) is 85.5 Å².